The van der Waals surface area contributed by atoms with E-state index in [9.17, 15) is 9.59 Å². The molecule has 92 valence electrons. The minimum Gasteiger partial charge on any atom is -0.462 e. The molecule has 4 heteroatoms. The monoisotopic (exact) mass is 236 g/mol. The lowest BCUT2D eigenvalue weighted by Gasteiger charge is -2.08. The third-order valence-electron chi connectivity index (χ3n) is 2.38. The summed E-state index contributed by atoms with van der Waals surface area (Å²) in [4.78, 5) is 23.4. The van der Waals surface area contributed by atoms with Crippen LogP contribution in [0, 0.1) is 0 Å². The van der Waals surface area contributed by atoms with E-state index in [1.54, 1.807) is 26.0 Å². The Hall–Kier alpha value is -1.68. The summed E-state index contributed by atoms with van der Waals surface area (Å²) in [6, 6.07) is 4.69. The van der Waals surface area contributed by atoms with Gasteiger partial charge < -0.3 is 9.84 Å². The summed E-state index contributed by atoms with van der Waals surface area (Å²) in [5, 5.41) is 9.02. The molecule has 0 aliphatic rings. The van der Waals surface area contributed by atoms with Gasteiger partial charge in [0.05, 0.1) is 18.8 Å². The lowest BCUT2D eigenvalue weighted by molar-refractivity contribution is 0.0523. The summed E-state index contributed by atoms with van der Waals surface area (Å²) in [6.45, 7) is 3.52. The Kier molecular flexibility index (Phi) is 4.84. The standard InChI is InChI=1S/C13H16O4/c1-3-12(15)10-6-5-9(8-14)7-11(10)13(16)17-4-2/h5-7,14H,3-4,8H2,1-2H3. The fourth-order valence-electron chi connectivity index (χ4n) is 1.50. The van der Waals surface area contributed by atoms with Crippen molar-refractivity contribution in [3.8, 4) is 0 Å². The molecule has 0 fully saturated rings. The van der Waals surface area contributed by atoms with Crippen molar-refractivity contribution in [3.63, 3.8) is 0 Å². The summed E-state index contributed by atoms with van der Waals surface area (Å²) in [7, 11) is 0. The lowest BCUT2D eigenvalue weighted by atomic mass is 9.99. The molecule has 0 aliphatic carbocycles. The number of ketones is 1. The van der Waals surface area contributed by atoms with E-state index in [1.165, 1.54) is 6.07 Å². The number of rotatable bonds is 5. The Labute approximate surface area is 100 Å². The Morgan fingerprint density at radius 1 is 1.24 bits per heavy atom. The molecule has 0 radical (unpaired) electrons. The molecule has 0 saturated heterocycles. The van der Waals surface area contributed by atoms with Crippen molar-refractivity contribution in [1.29, 1.82) is 0 Å². The van der Waals surface area contributed by atoms with Crippen molar-refractivity contribution >= 4 is 11.8 Å². The van der Waals surface area contributed by atoms with Gasteiger partial charge in [0.25, 0.3) is 0 Å². The second-order valence-corrected chi connectivity index (χ2v) is 3.54. The van der Waals surface area contributed by atoms with E-state index in [0.717, 1.165) is 0 Å². The van der Waals surface area contributed by atoms with Crippen LogP contribution < -0.4 is 0 Å². The average molecular weight is 236 g/mol. The van der Waals surface area contributed by atoms with Crippen molar-refractivity contribution in [1.82, 2.24) is 0 Å². The molecule has 0 bridgehead atoms. The molecule has 0 saturated carbocycles. The van der Waals surface area contributed by atoms with Crippen LogP contribution in [0.3, 0.4) is 0 Å². The van der Waals surface area contributed by atoms with Gasteiger partial charge in [-0.25, -0.2) is 4.79 Å². The van der Waals surface area contributed by atoms with Gasteiger partial charge in [-0.1, -0.05) is 19.1 Å². The van der Waals surface area contributed by atoms with Crippen molar-refractivity contribution in [3.05, 3.63) is 34.9 Å². The fraction of sp³-hybridized carbons (Fsp3) is 0.385. The van der Waals surface area contributed by atoms with Gasteiger partial charge in [-0.2, -0.15) is 0 Å². The zero-order chi connectivity index (χ0) is 12.8. The molecule has 0 unspecified atom stereocenters. The van der Waals surface area contributed by atoms with Gasteiger partial charge >= 0.3 is 5.97 Å². The van der Waals surface area contributed by atoms with Crippen molar-refractivity contribution < 1.29 is 19.4 Å². The van der Waals surface area contributed by atoms with Gasteiger partial charge in [0, 0.05) is 12.0 Å². The topological polar surface area (TPSA) is 63.6 Å². The molecule has 0 aliphatic heterocycles. The van der Waals surface area contributed by atoms with Gasteiger partial charge in [-0.05, 0) is 18.6 Å². The highest BCUT2D eigenvalue weighted by Crippen LogP contribution is 2.16. The second-order valence-electron chi connectivity index (χ2n) is 3.54. The number of aliphatic hydroxyl groups excluding tert-OH is 1. The molecule has 0 spiro atoms. The Bertz CT molecular complexity index is 423. The third-order valence-corrected chi connectivity index (χ3v) is 2.38. The number of hydrogen-bond acceptors (Lipinski definition) is 4. The predicted molar refractivity (Wildman–Crippen MR) is 62.9 cm³/mol. The molecular formula is C13H16O4. The van der Waals surface area contributed by atoms with Gasteiger partial charge in [-0.15, -0.1) is 0 Å². The Morgan fingerprint density at radius 2 is 1.94 bits per heavy atom. The van der Waals surface area contributed by atoms with Gasteiger partial charge in [-0.3, -0.25) is 4.79 Å². The molecule has 17 heavy (non-hydrogen) atoms. The molecule has 0 heterocycles. The summed E-state index contributed by atoms with van der Waals surface area (Å²) in [5.41, 5.74) is 1.16. The van der Waals surface area contributed by atoms with Crippen molar-refractivity contribution in [2.45, 2.75) is 26.9 Å². The number of aliphatic hydroxyl groups is 1. The van der Waals surface area contributed by atoms with E-state index >= 15 is 0 Å². The number of benzene rings is 1. The average Bonchev–Trinajstić information content (AvgIpc) is 2.37. The first-order valence-electron chi connectivity index (χ1n) is 5.58. The molecule has 1 aromatic carbocycles. The summed E-state index contributed by atoms with van der Waals surface area (Å²) < 4.78 is 4.89. The second kappa shape index (κ2) is 6.15. The predicted octanol–water partition coefficient (Wildman–Crippen LogP) is 1.95. The van der Waals surface area contributed by atoms with E-state index in [-0.39, 0.29) is 24.6 Å². The maximum atomic E-state index is 11.7. The fourth-order valence-corrected chi connectivity index (χ4v) is 1.50. The largest absolute Gasteiger partial charge is 0.462 e. The third kappa shape index (κ3) is 3.14. The smallest absolute Gasteiger partial charge is 0.338 e. The molecular weight excluding hydrogens is 220 g/mol. The summed E-state index contributed by atoms with van der Waals surface area (Å²) >= 11 is 0. The first-order chi connectivity index (χ1) is 8.13. The quantitative estimate of drug-likeness (QED) is 0.627. The molecule has 0 amide bonds. The van der Waals surface area contributed by atoms with Crippen LogP contribution in [0.5, 0.6) is 0 Å². The van der Waals surface area contributed by atoms with E-state index < -0.39 is 5.97 Å². The maximum Gasteiger partial charge on any atom is 0.338 e. The first kappa shape index (κ1) is 13.4. The van der Waals surface area contributed by atoms with Crippen LogP contribution in [-0.2, 0) is 11.3 Å². The number of esters is 1. The zero-order valence-corrected chi connectivity index (χ0v) is 10.0. The molecule has 1 N–H and O–H groups in total. The molecule has 1 aromatic rings. The minimum atomic E-state index is -0.528. The number of carbonyl (C=O) groups excluding carboxylic acids is 2. The van der Waals surface area contributed by atoms with Crippen molar-refractivity contribution in [2.75, 3.05) is 6.61 Å². The maximum absolute atomic E-state index is 11.7. The zero-order valence-electron chi connectivity index (χ0n) is 10.0. The summed E-state index contributed by atoms with van der Waals surface area (Å²) in [5.74, 6) is -0.642. The SMILES string of the molecule is CCOC(=O)c1cc(CO)ccc1C(=O)CC. The highest BCUT2D eigenvalue weighted by molar-refractivity contribution is 6.06. The normalized spacial score (nSPS) is 10.1. The van der Waals surface area contributed by atoms with Crippen LogP contribution in [0.25, 0.3) is 0 Å². The highest BCUT2D eigenvalue weighted by Gasteiger charge is 2.17. The Balaban J connectivity index is 3.20. The van der Waals surface area contributed by atoms with Crippen LogP contribution in [-0.4, -0.2) is 23.5 Å². The number of ether oxygens (including phenoxy) is 1. The summed E-state index contributed by atoms with van der Waals surface area (Å²) in [6.07, 6.45) is 0.324. The first-order valence-corrected chi connectivity index (χ1v) is 5.58. The molecule has 1 rings (SSSR count). The number of hydrogen-bond donors (Lipinski definition) is 1. The van der Waals surface area contributed by atoms with E-state index in [0.29, 0.717) is 17.5 Å². The van der Waals surface area contributed by atoms with E-state index in [4.69, 9.17) is 9.84 Å². The van der Waals surface area contributed by atoms with Crippen molar-refractivity contribution in [2.24, 2.45) is 0 Å². The lowest BCUT2D eigenvalue weighted by Crippen LogP contribution is -2.12. The molecule has 0 atom stereocenters. The molecule has 0 aromatic heterocycles. The van der Waals surface area contributed by atoms with Crippen LogP contribution >= 0.6 is 0 Å². The molecule has 4 nitrogen and oxygen atoms in total. The number of Topliss-reactive ketones (excluding diaryl/α,β-unsaturated/α-hetero) is 1. The van der Waals surface area contributed by atoms with E-state index in [1.807, 2.05) is 0 Å². The Morgan fingerprint density at radius 3 is 2.47 bits per heavy atom. The van der Waals surface area contributed by atoms with Crippen LogP contribution in [0.2, 0.25) is 0 Å². The van der Waals surface area contributed by atoms with Crippen LogP contribution in [0.15, 0.2) is 18.2 Å². The van der Waals surface area contributed by atoms with Crippen LogP contribution in [0.4, 0.5) is 0 Å². The van der Waals surface area contributed by atoms with Crippen LogP contribution in [0.1, 0.15) is 46.5 Å². The van der Waals surface area contributed by atoms with Gasteiger partial charge in [0.2, 0.25) is 0 Å². The van der Waals surface area contributed by atoms with E-state index in [2.05, 4.69) is 0 Å². The highest BCUT2D eigenvalue weighted by atomic mass is 16.5. The minimum absolute atomic E-state index is 0.113. The number of carbonyl (C=O) groups is 2. The van der Waals surface area contributed by atoms with Gasteiger partial charge in [0.15, 0.2) is 5.78 Å². The van der Waals surface area contributed by atoms with Gasteiger partial charge in [0.1, 0.15) is 0 Å².